The van der Waals surface area contributed by atoms with E-state index >= 15 is 0 Å². The maximum atomic E-state index is 11.6. The van der Waals surface area contributed by atoms with E-state index in [-0.39, 0.29) is 5.41 Å². The number of carbonyl (C=O) groups is 1. The van der Waals surface area contributed by atoms with Crippen molar-refractivity contribution in [3.05, 3.63) is 12.2 Å². The molecule has 0 amide bonds. The Labute approximate surface area is 93.9 Å². The molecule has 1 nitrogen and oxygen atoms in total. The summed E-state index contributed by atoms with van der Waals surface area (Å²) >= 11 is 0. The van der Waals surface area contributed by atoms with Crippen molar-refractivity contribution in [2.45, 2.75) is 53.4 Å². The first-order valence-electron chi connectivity index (χ1n) is 6.06. The first-order chi connectivity index (χ1) is 6.88. The maximum absolute atomic E-state index is 11.6. The van der Waals surface area contributed by atoms with Crippen LogP contribution in [-0.4, -0.2) is 5.78 Å². The van der Waals surface area contributed by atoms with Crippen molar-refractivity contribution in [2.24, 2.45) is 17.3 Å². The van der Waals surface area contributed by atoms with Crippen LogP contribution in [0.3, 0.4) is 0 Å². The van der Waals surface area contributed by atoms with Gasteiger partial charge in [-0.1, -0.05) is 39.3 Å². The van der Waals surface area contributed by atoms with Crippen molar-refractivity contribution in [3.8, 4) is 0 Å². The minimum atomic E-state index is 0.112. The fraction of sp³-hybridized carbons (Fsp3) is 0.786. The van der Waals surface area contributed by atoms with Crippen LogP contribution in [0.5, 0.6) is 0 Å². The Kier molecular flexibility index (Phi) is 3.75. The van der Waals surface area contributed by atoms with Crippen LogP contribution in [0.4, 0.5) is 0 Å². The molecule has 0 radical (unpaired) electrons. The van der Waals surface area contributed by atoms with Crippen LogP contribution in [0.15, 0.2) is 12.2 Å². The van der Waals surface area contributed by atoms with Gasteiger partial charge in [-0.25, -0.2) is 0 Å². The van der Waals surface area contributed by atoms with Crippen molar-refractivity contribution in [3.63, 3.8) is 0 Å². The summed E-state index contributed by atoms with van der Waals surface area (Å²) < 4.78 is 0. The lowest BCUT2D eigenvalue weighted by molar-refractivity contribution is -0.118. The minimum Gasteiger partial charge on any atom is -0.300 e. The highest BCUT2D eigenvalue weighted by molar-refractivity contribution is 5.82. The molecule has 0 saturated heterocycles. The van der Waals surface area contributed by atoms with Crippen LogP contribution in [0.1, 0.15) is 53.4 Å². The molecule has 1 rings (SSSR count). The first kappa shape index (κ1) is 12.5. The van der Waals surface area contributed by atoms with Crippen molar-refractivity contribution >= 4 is 5.78 Å². The highest BCUT2D eigenvalue weighted by atomic mass is 16.1. The molecular weight excluding hydrogens is 184 g/mol. The molecule has 0 N–H and O–H groups in total. The summed E-state index contributed by atoms with van der Waals surface area (Å²) in [4.78, 5) is 11.6. The smallest absolute Gasteiger partial charge is 0.134 e. The molecule has 0 aromatic carbocycles. The summed E-state index contributed by atoms with van der Waals surface area (Å²) in [6.45, 7) is 12.9. The molecule has 0 unspecified atom stereocenters. The third-order valence-electron chi connectivity index (χ3n) is 4.01. The number of rotatable bonds is 4. The Hall–Kier alpha value is -0.590. The molecular formula is C14H24O. The van der Waals surface area contributed by atoms with Gasteiger partial charge in [0.15, 0.2) is 0 Å². The summed E-state index contributed by atoms with van der Waals surface area (Å²) in [5.74, 6) is 1.62. The van der Waals surface area contributed by atoms with E-state index in [0.717, 1.165) is 19.3 Å². The van der Waals surface area contributed by atoms with Gasteiger partial charge in [0.2, 0.25) is 0 Å². The number of Topliss-reactive ketones (excluding diaryl/α,β-unsaturated/α-hetero) is 1. The van der Waals surface area contributed by atoms with Gasteiger partial charge in [-0.3, -0.25) is 4.79 Å². The molecule has 1 saturated carbocycles. The second-order valence-electron chi connectivity index (χ2n) is 5.69. The molecule has 1 fully saturated rings. The fourth-order valence-corrected chi connectivity index (χ4v) is 2.80. The SMILES string of the molecule is C=C(C)[C@@]1(CCC(C)C)CC(=O)C[C@@H]1C. The zero-order chi connectivity index (χ0) is 11.6. The molecule has 86 valence electrons. The van der Waals surface area contributed by atoms with E-state index in [2.05, 4.69) is 34.3 Å². The van der Waals surface area contributed by atoms with Crippen LogP contribution in [0, 0.1) is 17.3 Å². The normalized spacial score (nSPS) is 31.3. The first-order valence-corrected chi connectivity index (χ1v) is 6.06. The molecule has 0 heterocycles. The third kappa shape index (κ3) is 2.50. The van der Waals surface area contributed by atoms with Gasteiger partial charge < -0.3 is 0 Å². The van der Waals surface area contributed by atoms with E-state index in [1.165, 1.54) is 12.0 Å². The van der Waals surface area contributed by atoms with Crippen molar-refractivity contribution in [1.82, 2.24) is 0 Å². The highest BCUT2D eigenvalue weighted by Gasteiger charge is 2.44. The summed E-state index contributed by atoms with van der Waals surface area (Å²) in [6.07, 6.45) is 3.82. The molecule has 0 aliphatic heterocycles. The Morgan fingerprint density at radius 3 is 2.53 bits per heavy atom. The van der Waals surface area contributed by atoms with Crippen LogP contribution in [-0.2, 0) is 4.79 Å². The van der Waals surface area contributed by atoms with Gasteiger partial charge in [0.25, 0.3) is 0 Å². The Morgan fingerprint density at radius 2 is 2.20 bits per heavy atom. The molecule has 0 aromatic heterocycles. The lowest BCUT2D eigenvalue weighted by Gasteiger charge is -2.34. The monoisotopic (exact) mass is 208 g/mol. The zero-order valence-corrected chi connectivity index (χ0v) is 10.6. The van der Waals surface area contributed by atoms with Crippen LogP contribution in [0.25, 0.3) is 0 Å². The van der Waals surface area contributed by atoms with E-state index in [1.807, 2.05) is 0 Å². The maximum Gasteiger partial charge on any atom is 0.134 e. The summed E-state index contributed by atoms with van der Waals surface area (Å²) in [7, 11) is 0. The molecule has 2 atom stereocenters. The van der Waals surface area contributed by atoms with E-state index in [9.17, 15) is 4.79 Å². The Morgan fingerprint density at radius 1 is 1.60 bits per heavy atom. The van der Waals surface area contributed by atoms with E-state index < -0.39 is 0 Å². The quantitative estimate of drug-likeness (QED) is 0.639. The fourth-order valence-electron chi connectivity index (χ4n) is 2.80. The third-order valence-corrected chi connectivity index (χ3v) is 4.01. The van der Waals surface area contributed by atoms with Gasteiger partial charge in [0.05, 0.1) is 0 Å². The zero-order valence-electron chi connectivity index (χ0n) is 10.6. The predicted octanol–water partition coefficient (Wildman–Crippen LogP) is 3.98. The topological polar surface area (TPSA) is 17.1 Å². The number of ketones is 1. The molecule has 15 heavy (non-hydrogen) atoms. The average Bonchev–Trinajstić information content (AvgIpc) is 2.38. The lowest BCUT2D eigenvalue weighted by Crippen LogP contribution is -2.25. The van der Waals surface area contributed by atoms with Gasteiger partial charge in [-0.2, -0.15) is 0 Å². The lowest BCUT2D eigenvalue weighted by atomic mass is 9.69. The number of allylic oxidation sites excluding steroid dienone is 1. The van der Waals surface area contributed by atoms with E-state index in [4.69, 9.17) is 0 Å². The van der Waals surface area contributed by atoms with Crippen molar-refractivity contribution < 1.29 is 4.79 Å². The Balaban J connectivity index is 2.79. The van der Waals surface area contributed by atoms with E-state index in [0.29, 0.717) is 17.6 Å². The molecule has 1 aliphatic carbocycles. The predicted molar refractivity (Wildman–Crippen MR) is 64.7 cm³/mol. The van der Waals surface area contributed by atoms with Crippen molar-refractivity contribution in [1.29, 1.82) is 0 Å². The largest absolute Gasteiger partial charge is 0.300 e. The highest BCUT2D eigenvalue weighted by Crippen LogP contribution is 2.50. The summed E-state index contributed by atoms with van der Waals surface area (Å²) in [6, 6.07) is 0. The molecule has 0 aromatic rings. The van der Waals surface area contributed by atoms with Crippen LogP contribution < -0.4 is 0 Å². The van der Waals surface area contributed by atoms with Crippen LogP contribution >= 0.6 is 0 Å². The standard InChI is InChI=1S/C14H24O/c1-10(2)6-7-14(11(3)4)9-13(15)8-12(14)5/h10,12H,3,6-9H2,1-2,4-5H3/t12-,14+/m0/s1. The summed E-state index contributed by atoms with van der Waals surface area (Å²) in [5, 5.41) is 0. The van der Waals surface area contributed by atoms with E-state index in [1.54, 1.807) is 0 Å². The van der Waals surface area contributed by atoms with Gasteiger partial charge >= 0.3 is 0 Å². The second kappa shape index (κ2) is 4.51. The average molecular weight is 208 g/mol. The van der Waals surface area contributed by atoms with Gasteiger partial charge in [-0.05, 0) is 25.2 Å². The minimum absolute atomic E-state index is 0.112. The molecule has 0 bridgehead atoms. The number of hydrogen-bond donors (Lipinski definition) is 0. The molecule has 0 spiro atoms. The molecule has 1 aliphatic rings. The number of carbonyl (C=O) groups excluding carboxylic acids is 1. The molecule has 1 heteroatoms. The number of hydrogen-bond acceptors (Lipinski definition) is 1. The van der Waals surface area contributed by atoms with Gasteiger partial charge in [-0.15, -0.1) is 0 Å². The Bertz CT molecular complexity index is 265. The summed E-state index contributed by atoms with van der Waals surface area (Å²) in [5.41, 5.74) is 1.32. The van der Waals surface area contributed by atoms with Crippen LogP contribution in [0.2, 0.25) is 0 Å². The van der Waals surface area contributed by atoms with Gasteiger partial charge in [0.1, 0.15) is 5.78 Å². The van der Waals surface area contributed by atoms with Crippen molar-refractivity contribution in [2.75, 3.05) is 0 Å². The second-order valence-corrected chi connectivity index (χ2v) is 5.69. The van der Waals surface area contributed by atoms with Gasteiger partial charge in [0, 0.05) is 18.3 Å².